The summed E-state index contributed by atoms with van der Waals surface area (Å²) in [4.78, 5) is 27.8. The van der Waals surface area contributed by atoms with E-state index in [1.165, 1.54) is 6.92 Å². The third kappa shape index (κ3) is 5.44. The second-order valence-corrected chi connectivity index (χ2v) is 8.41. The van der Waals surface area contributed by atoms with Gasteiger partial charge in [-0.05, 0) is 87.7 Å². The molecule has 0 fully saturated rings. The number of amides is 1. The van der Waals surface area contributed by atoms with Gasteiger partial charge < -0.3 is 14.8 Å². The largest absolute Gasteiger partial charge is 0.488 e. The monoisotopic (exact) mass is 614 g/mol. The van der Waals surface area contributed by atoms with Crippen LogP contribution < -0.4 is 10.1 Å². The van der Waals surface area contributed by atoms with E-state index in [1.54, 1.807) is 36.4 Å². The van der Waals surface area contributed by atoms with E-state index < -0.39 is 5.97 Å². The van der Waals surface area contributed by atoms with Crippen molar-refractivity contribution < 1.29 is 19.1 Å². The normalized spacial score (nSPS) is 14.4. The number of cyclic esters (lactones) is 1. The van der Waals surface area contributed by atoms with Gasteiger partial charge in [0.1, 0.15) is 12.4 Å². The third-order valence-electron chi connectivity index (χ3n) is 3.75. The average Bonchev–Trinajstić information content (AvgIpc) is 3.01. The number of nitrogens with zero attached hydrogens (tertiary/aromatic N) is 1. The van der Waals surface area contributed by atoms with E-state index in [-0.39, 0.29) is 17.5 Å². The van der Waals surface area contributed by atoms with E-state index in [0.717, 1.165) is 12.7 Å². The van der Waals surface area contributed by atoms with Crippen LogP contribution in [0.15, 0.2) is 59.7 Å². The minimum absolute atomic E-state index is 0.158. The van der Waals surface area contributed by atoms with Crippen LogP contribution in [0.4, 0.5) is 5.69 Å². The number of benzene rings is 2. The molecule has 1 aliphatic rings. The quantitative estimate of drug-likeness (QED) is 0.221. The standard InChI is InChI=1S/C21H16I2N2O4/c1-3-8-28-19-14(9-15(22)11-17(19)23)10-18-21(27)29-20(25-18)13-4-6-16(7-5-13)24-12(2)26/h3-7,9-11H,1,8H2,2H3,(H,24,26). The molecule has 0 radical (unpaired) electrons. The van der Waals surface area contributed by atoms with Crippen molar-refractivity contribution in [2.75, 3.05) is 11.9 Å². The first-order valence-corrected chi connectivity index (χ1v) is 10.7. The lowest BCUT2D eigenvalue weighted by atomic mass is 10.1. The summed E-state index contributed by atoms with van der Waals surface area (Å²) in [5.41, 5.74) is 2.21. The summed E-state index contributed by atoms with van der Waals surface area (Å²) < 4.78 is 13.0. The molecule has 3 rings (SSSR count). The highest BCUT2D eigenvalue weighted by molar-refractivity contribution is 14.1. The van der Waals surface area contributed by atoms with Crippen molar-refractivity contribution >= 4 is 74.7 Å². The molecule has 1 aliphatic heterocycles. The van der Waals surface area contributed by atoms with E-state index in [4.69, 9.17) is 9.47 Å². The molecule has 8 heteroatoms. The van der Waals surface area contributed by atoms with Gasteiger partial charge in [-0.2, -0.15) is 0 Å². The van der Waals surface area contributed by atoms with Gasteiger partial charge in [0.25, 0.3) is 0 Å². The van der Waals surface area contributed by atoms with Crippen LogP contribution in [0.25, 0.3) is 6.08 Å². The Labute approximate surface area is 195 Å². The number of halogens is 2. The predicted octanol–water partition coefficient (Wildman–Crippen LogP) is 4.76. The van der Waals surface area contributed by atoms with E-state index in [1.807, 2.05) is 12.1 Å². The van der Waals surface area contributed by atoms with Gasteiger partial charge in [-0.3, -0.25) is 4.79 Å². The van der Waals surface area contributed by atoms with Gasteiger partial charge in [-0.25, -0.2) is 9.79 Å². The fourth-order valence-electron chi connectivity index (χ4n) is 2.56. The number of ether oxygens (including phenoxy) is 2. The molecule has 29 heavy (non-hydrogen) atoms. The van der Waals surface area contributed by atoms with E-state index in [2.05, 4.69) is 62.1 Å². The Kier molecular flexibility index (Phi) is 7.06. The highest BCUT2D eigenvalue weighted by Crippen LogP contribution is 2.31. The highest BCUT2D eigenvalue weighted by atomic mass is 127. The molecule has 0 aromatic heterocycles. The molecule has 6 nitrogen and oxygen atoms in total. The third-order valence-corrected chi connectivity index (χ3v) is 5.17. The number of rotatable bonds is 6. The summed E-state index contributed by atoms with van der Waals surface area (Å²) in [5, 5.41) is 2.69. The second kappa shape index (κ2) is 9.53. The highest BCUT2D eigenvalue weighted by Gasteiger charge is 2.25. The fraction of sp³-hybridized carbons (Fsp3) is 0.0952. The lowest BCUT2D eigenvalue weighted by molar-refractivity contribution is -0.129. The summed E-state index contributed by atoms with van der Waals surface area (Å²) in [7, 11) is 0. The molecule has 1 amide bonds. The van der Waals surface area contributed by atoms with Gasteiger partial charge >= 0.3 is 5.97 Å². The molecule has 1 N–H and O–H groups in total. The Morgan fingerprint density at radius 3 is 2.66 bits per heavy atom. The van der Waals surface area contributed by atoms with E-state index in [9.17, 15) is 9.59 Å². The van der Waals surface area contributed by atoms with Crippen LogP contribution in [0, 0.1) is 7.14 Å². The van der Waals surface area contributed by atoms with Crippen LogP contribution in [0.1, 0.15) is 18.1 Å². The van der Waals surface area contributed by atoms with Crippen molar-refractivity contribution in [1.29, 1.82) is 0 Å². The molecule has 0 saturated carbocycles. The summed E-state index contributed by atoms with van der Waals surface area (Å²) >= 11 is 4.40. The molecule has 148 valence electrons. The van der Waals surface area contributed by atoms with Crippen LogP contribution in [-0.2, 0) is 14.3 Å². The summed E-state index contributed by atoms with van der Waals surface area (Å²) in [6.07, 6.45) is 3.32. The summed E-state index contributed by atoms with van der Waals surface area (Å²) in [6.45, 7) is 5.46. The number of carbonyl (C=O) groups is 2. The topological polar surface area (TPSA) is 77.0 Å². The lowest BCUT2D eigenvalue weighted by Crippen LogP contribution is -2.07. The number of nitrogens with one attached hydrogen (secondary N) is 1. The van der Waals surface area contributed by atoms with Crippen molar-refractivity contribution in [2.45, 2.75) is 6.92 Å². The molecule has 0 saturated heterocycles. The average molecular weight is 614 g/mol. The Morgan fingerprint density at radius 1 is 1.28 bits per heavy atom. The molecule has 1 heterocycles. The van der Waals surface area contributed by atoms with Crippen LogP contribution in [-0.4, -0.2) is 24.4 Å². The van der Waals surface area contributed by atoms with Gasteiger partial charge in [-0.15, -0.1) is 0 Å². The van der Waals surface area contributed by atoms with Crippen molar-refractivity contribution in [1.82, 2.24) is 0 Å². The molecule has 0 aliphatic carbocycles. The minimum Gasteiger partial charge on any atom is -0.488 e. The van der Waals surface area contributed by atoms with Crippen LogP contribution in [0.3, 0.4) is 0 Å². The van der Waals surface area contributed by atoms with Gasteiger partial charge in [0.2, 0.25) is 11.8 Å². The maximum Gasteiger partial charge on any atom is 0.363 e. The molecule has 0 spiro atoms. The number of esters is 1. The van der Waals surface area contributed by atoms with Crippen LogP contribution in [0.2, 0.25) is 0 Å². The van der Waals surface area contributed by atoms with Crippen molar-refractivity contribution in [3.8, 4) is 5.75 Å². The zero-order valence-electron chi connectivity index (χ0n) is 15.4. The first kappa shape index (κ1) is 21.5. The SMILES string of the molecule is C=CCOc1c(I)cc(I)cc1C=C1N=C(c2ccc(NC(C)=O)cc2)OC1=O. The number of hydrogen-bond acceptors (Lipinski definition) is 5. The smallest absolute Gasteiger partial charge is 0.363 e. The Balaban J connectivity index is 1.93. The van der Waals surface area contributed by atoms with Crippen molar-refractivity contribution in [3.05, 3.63) is 73.0 Å². The number of hydrogen-bond donors (Lipinski definition) is 1. The van der Waals surface area contributed by atoms with Crippen molar-refractivity contribution in [3.63, 3.8) is 0 Å². The van der Waals surface area contributed by atoms with E-state index >= 15 is 0 Å². The number of carbonyl (C=O) groups excluding carboxylic acids is 2. The lowest BCUT2D eigenvalue weighted by Gasteiger charge is -2.10. The molecule has 0 unspecified atom stereocenters. The molecular formula is C21H16I2N2O4. The summed E-state index contributed by atoms with van der Waals surface area (Å²) in [6, 6.07) is 10.8. The van der Waals surface area contributed by atoms with Gasteiger partial charge in [-0.1, -0.05) is 12.7 Å². The Bertz CT molecular complexity index is 1040. The Hall–Kier alpha value is -2.21. The maximum atomic E-state index is 12.3. The molecular weight excluding hydrogens is 598 g/mol. The van der Waals surface area contributed by atoms with Gasteiger partial charge in [0.15, 0.2) is 5.70 Å². The first-order chi connectivity index (χ1) is 13.9. The summed E-state index contributed by atoms with van der Waals surface area (Å²) in [5.74, 6) is 0.183. The molecule has 0 bridgehead atoms. The first-order valence-electron chi connectivity index (χ1n) is 8.50. The minimum atomic E-state index is -0.533. The van der Waals surface area contributed by atoms with E-state index in [0.29, 0.717) is 23.6 Å². The van der Waals surface area contributed by atoms with Crippen molar-refractivity contribution in [2.24, 2.45) is 4.99 Å². The zero-order valence-corrected chi connectivity index (χ0v) is 19.7. The predicted molar refractivity (Wildman–Crippen MR) is 129 cm³/mol. The number of anilines is 1. The van der Waals surface area contributed by atoms with Gasteiger partial charge in [0.05, 0.1) is 3.57 Å². The van der Waals surface area contributed by atoms with Crippen LogP contribution >= 0.6 is 45.2 Å². The Morgan fingerprint density at radius 2 is 2.00 bits per heavy atom. The molecule has 2 aromatic carbocycles. The van der Waals surface area contributed by atoms with Crippen LogP contribution in [0.5, 0.6) is 5.75 Å². The van der Waals surface area contributed by atoms with Gasteiger partial charge in [0, 0.05) is 27.3 Å². The zero-order chi connectivity index (χ0) is 21.0. The molecule has 2 aromatic rings. The molecule has 0 atom stereocenters. The fourth-order valence-corrected chi connectivity index (χ4v) is 4.61. The second-order valence-electron chi connectivity index (χ2n) is 6.00. The maximum absolute atomic E-state index is 12.3. The number of aliphatic imine (C=N–C) groups is 1.